The first-order chi connectivity index (χ1) is 10.0. The largest absolute Gasteiger partial charge is 0.397 e. The predicted molar refractivity (Wildman–Crippen MR) is 86.7 cm³/mol. The number of nitrogens with one attached hydrogen (secondary N) is 1. The third-order valence-corrected chi connectivity index (χ3v) is 4.68. The minimum Gasteiger partial charge on any atom is -0.397 e. The summed E-state index contributed by atoms with van der Waals surface area (Å²) in [6.45, 7) is 2.22. The molecule has 0 bridgehead atoms. The Labute approximate surface area is 126 Å². The number of amides is 1. The monoisotopic (exact) mass is 288 g/mol. The van der Waals surface area contributed by atoms with Crippen LogP contribution >= 0.6 is 0 Å². The van der Waals surface area contributed by atoms with Gasteiger partial charge in [-0.1, -0.05) is 0 Å². The Bertz CT molecular complexity index is 557. The minimum atomic E-state index is 0.0956. The number of nitrogens with zero attached hydrogens (tertiary/aromatic N) is 2. The minimum absolute atomic E-state index is 0.0956. The maximum Gasteiger partial charge on any atom is 0.224 e. The van der Waals surface area contributed by atoms with Crippen LogP contribution in [0, 0.1) is 0 Å². The van der Waals surface area contributed by atoms with Crippen molar-refractivity contribution in [1.82, 2.24) is 4.90 Å². The first-order valence-electron chi connectivity index (χ1n) is 7.68. The van der Waals surface area contributed by atoms with Gasteiger partial charge in [-0.05, 0) is 50.6 Å². The van der Waals surface area contributed by atoms with Gasteiger partial charge in [-0.15, -0.1) is 0 Å². The van der Waals surface area contributed by atoms with Gasteiger partial charge >= 0.3 is 0 Å². The smallest absolute Gasteiger partial charge is 0.224 e. The Kier molecular flexibility index (Phi) is 3.76. The molecule has 2 aliphatic rings. The molecule has 2 aliphatic heterocycles. The van der Waals surface area contributed by atoms with E-state index >= 15 is 0 Å². The van der Waals surface area contributed by atoms with E-state index in [0.717, 1.165) is 35.6 Å². The van der Waals surface area contributed by atoms with Crippen molar-refractivity contribution in [2.24, 2.45) is 0 Å². The molecule has 1 saturated heterocycles. The van der Waals surface area contributed by atoms with Crippen LogP contribution in [0.2, 0.25) is 0 Å². The van der Waals surface area contributed by atoms with Crippen LogP contribution < -0.4 is 16.0 Å². The number of nitrogens with two attached hydrogens (primary N) is 1. The van der Waals surface area contributed by atoms with E-state index in [0.29, 0.717) is 12.5 Å². The van der Waals surface area contributed by atoms with Gasteiger partial charge in [0, 0.05) is 31.7 Å². The van der Waals surface area contributed by atoms with E-state index in [1.807, 2.05) is 12.1 Å². The Hall–Kier alpha value is -1.75. The lowest BCUT2D eigenvalue weighted by Crippen LogP contribution is -2.45. The number of benzene rings is 1. The summed E-state index contributed by atoms with van der Waals surface area (Å²) in [7, 11) is 4.27. The lowest BCUT2D eigenvalue weighted by molar-refractivity contribution is -0.116. The molecule has 0 aromatic heterocycles. The van der Waals surface area contributed by atoms with Crippen molar-refractivity contribution in [3.05, 3.63) is 17.7 Å². The van der Waals surface area contributed by atoms with E-state index in [2.05, 4.69) is 29.2 Å². The van der Waals surface area contributed by atoms with Crippen LogP contribution in [0.1, 0.15) is 24.8 Å². The molecule has 0 aliphatic carbocycles. The molecule has 1 aromatic rings. The molecule has 21 heavy (non-hydrogen) atoms. The molecule has 1 fully saturated rings. The summed E-state index contributed by atoms with van der Waals surface area (Å²) in [6.07, 6.45) is 3.73. The number of likely N-dealkylation sites (tertiary alicyclic amines) is 1. The zero-order valence-electron chi connectivity index (χ0n) is 12.9. The summed E-state index contributed by atoms with van der Waals surface area (Å²) >= 11 is 0. The Morgan fingerprint density at radius 2 is 2.19 bits per heavy atom. The molecule has 3 N–H and O–H groups in total. The summed E-state index contributed by atoms with van der Waals surface area (Å²) in [5.74, 6) is 0.0956. The topological polar surface area (TPSA) is 61.6 Å². The van der Waals surface area contributed by atoms with Gasteiger partial charge in [-0.3, -0.25) is 4.79 Å². The van der Waals surface area contributed by atoms with Crippen molar-refractivity contribution in [3.8, 4) is 0 Å². The highest BCUT2D eigenvalue weighted by atomic mass is 16.1. The molecule has 0 spiro atoms. The predicted octanol–water partition coefficient (Wildman–Crippen LogP) is 1.68. The third-order valence-electron chi connectivity index (χ3n) is 4.68. The summed E-state index contributed by atoms with van der Waals surface area (Å²) in [6, 6.07) is 4.53. The fraction of sp³-hybridized carbons (Fsp3) is 0.562. The molecule has 0 saturated carbocycles. The highest BCUT2D eigenvalue weighted by molar-refractivity contribution is 5.95. The lowest BCUT2D eigenvalue weighted by Gasteiger charge is -2.38. The van der Waals surface area contributed by atoms with E-state index in [4.69, 9.17) is 5.73 Å². The normalized spacial score (nSPS) is 22.6. The van der Waals surface area contributed by atoms with E-state index in [9.17, 15) is 4.79 Å². The summed E-state index contributed by atoms with van der Waals surface area (Å²) in [4.78, 5) is 16.2. The van der Waals surface area contributed by atoms with Gasteiger partial charge < -0.3 is 20.9 Å². The average molecular weight is 288 g/mol. The summed E-state index contributed by atoms with van der Waals surface area (Å²) in [5, 5.41) is 2.96. The van der Waals surface area contributed by atoms with Crippen molar-refractivity contribution in [2.75, 3.05) is 43.1 Å². The number of nitrogen functional groups attached to an aromatic ring is 1. The number of fused-ring (bicyclic) bond motifs is 1. The maximum atomic E-state index is 11.6. The number of likely N-dealkylation sites (N-methyl/N-ethyl adjacent to an activating group) is 2. The average Bonchev–Trinajstić information content (AvgIpc) is 2.46. The SMILES string of the molecule is CN1CCCC(N(C)c2cc3c(cc2N)CCC(=O)N3)C1. The molecule has 3 rings (SSSR count). The van der Waals surface area contributed by atoms with Crippen molar-refractivity contribution >= 4 is 23.0 Å². The fourth-order valence-electron chi connectivity index (χ4n) is 3.39. The summed E-state index contributed by atoms with van der Waals surface area (Å²) < 4.78 is 0. The van der Waals surface area contributed by atoms with E-state index < -0.39 is 0 Å². The van der Waals surface area contributed by atoms with Crippen LogP contribution in [0.3, 0.4) is 0 Å². The number of piperidine rings is 1. The number of hydrogen-bond acceptors (Lipinski definition) is 4. The second-order valence-electron chi connectivity index (χ2n) is 6.29. The molecule has 5 nitrogen and oxygen atoms in total. The number of rotatable bonds is 2. The van der Waals surface area contributed by atoms with Crippen molar-refractivity contribution < 1.29 is 4.79 Å². The fourth-order valence-corrected chi connectivity index (χ4v) is 3.39. The second-order valence-corrected chi connectivity index (χ2v) is 6.29. The van der Waals surface area contributed by atoms with Crippen LogP contribution in [-0.4, -0.2) is 44.0 Å². The van der Waals surface area contributed by atoms with Crippen LogP contribution in [0.15, 0.2) is 12.1 Å². The summed E-state index contributed by atoms with van der Waals surface area (Å²) in [5.41, 5.74) is 10.2. The highest BCUT2D eigenvalue weighted by Gasteiger charge is 2.24. The molecule has 1 unspecified atom stereocenters. The first-order valence-corrected chi connectivity index (χ1v) is 7.68. The van der Waals surface area contributed by atoms with Crippen molar-refractivity contribution in [3.63, 3.8) is 0 Å². The zero-order chi connectivity index (χ0) is 15.0. The number of hydrogen-bond donors (Lipinski definition) is 2. The molecular formula is C16H24N4O. The van der Waals surface area contributed by atoms with Crippen LogP contribution in [0.25, 0.3) is 0 Å². The Morgan fingerprint density at radius 1 is 1.38 bits per heavy atom. The second kappa shape index (κ2) is 5.56. The van der Waals surface area contributed by atoms with Crippen LogP contribution in [0.5, 0.6) is 0 Å². The Morgan fingerprint density at radius 3 is 2.95 bits per heavy atom. The molecule has 5 heteroatoms. The molecule has 1 atom stereocenters. The standard InChI is InChI=1S/C16H24N4O/c1-19-7-3-4-12(10-19)20(2)15-9-14-11(8-13(15)17)5-6-16(21)18-14/h8-9,12H,3-7,10,17H2,1-2H3,(H,18,21). The van der Waals surface area contributed by atoms with E-state index in [1.165, 1.54) is 19.4 Å². The van der Waals surface area contributed by atoms with Crippen LogP contribution in [0.4, 0.5) is 17.1 Å². The van der Waals surface area contributed by atoms with Gasteiger partial charge in [0.05, 0.1) is 11.4 Å². The Balaban J connectivity index is 1.87. The van der Waals surface area contributed by atoms with Crippen molar-refractivity contribution in [2.45, 2.75) is 31.7 Å². The zero-order valence-corrected chi connectivity index (χ0v) is 12.9. The number of aryl methyl sites for hydroxylation is 1. The maximum absolute atomic E-state index is 11.6. The van der Waals surface area contributed by atoms with Gasteiger partial charge in [-0.25, -0.2) is 0 Å². The molecule has 1 aromatic carbocycles. The van der Waals surface area contributed by atoms with Gasteiger partial charge in [0.15, 0.2) is 0 Å². The number of carbonyl (C=O) groups excluding carboxylic acids is 1. The lowest BCUT2D eigenvalue weighted by atomic mass is 9.99. The molecule has 114 valence electrons. The molecule has 2 heterocycles. The molecule has 0 radical (unpaired) electrons. The highest BCUT2D eigenvalue weighted by Crippen LogP contribution is 2.34. The van der Waals surface area contributed by atoms with Crippen molar-refractivity contribution in [1.29, 1.82) is 0 Å². The number of anilines is 3. The van der Waals surface area contributed by atoms with Gasteiger partial charge in [0.2, 0.25) is 5.91 Å². The number of carbonyl (C=O) groups is 1. The molecular weight excluding hydrogens is 264 g/mol. The quantitative estimate of drug-likeness (QED) is 0.813. The third kappa shape index (κ3) is 2.83. The van der Waals surface area contributed by atoms with Gasteiger partial charge in [0.25, 0.3) is 0 Å². The van der Waals surface area contributed by atoms with E-state index in [-0.39, 0.29) is 5.91 Å². The van der Waals surface area contributed by atoms with Gasteiger partial charge in [0.1, 0.15) is 0 Å². The van der Waals surface area contributed by atoms with E-state index in [1.54, 1.807) is 0 Å². The molecule has 1 amide bonds. The van der Waals surface area contributed by atoms with Gasteiger partial charge in [-0.2, -0.15) is 0 Å². The first kappa shape index (κ1) is 14.2. The van der Waals surface area contributed by atoms with Crippen LogP contribution in [-0.2, 0) is 11.2 Å².